The maximum Gasteiger partial charge on any atom is 0.322 e. The van der Waals surface area contributed by atoms with Crippen LogP contribution in [0.2, 0.25) is 0 Å². The quantitative estimate of drug-likeness (QED) is 0.877. The van der Waals surface area contributed by atoms with E-state index in [2.05, 4.69) is 10.3 Å². The lowest BCUT2D eigenvalue weighted by Crippen LogP contribution is -2.39. The Labute approximate surface area is 158 Å². The number of pyridine rings is 1. The fourth-order valence-electron chi connectivity index (χ4n) is 3.29. The topological polar surface area (TPSA) is 72.9 Å². The van der Waals surface area contributed by atoms with Crippen LogP contribution in [0.4, 0.5) is 10.5 Å². The van der Waals surface area contributed by atoms with Crippen LogP contribution < -0.4 is 14.8 Å². The Morgan fingerprint density at radius 3 is 2.70 bits per heavy atom. The van der Waals surface area contributed by atoms with Crippen LogP contribution in [0.25, 0.3) is 0 Å². The van der Waals surface area contributed by atoms with Gasteiger partial charge in [-0.1, -0.05) is 0 Å². The lowest BCUT2D eigenvalue weighted by atomic mass is 10.2. The summed E-state index contributed by atoms with van der Waals surface area (Å²) in [5, 5.41) is 2.97. The van der Waals surface area contributed by atoms with E-state index in [1.165, 1.54) is 0 Å². The molecular weight excluding hydrogens is 346 g/mol. The monoisotopic (exact) mass is 369 g/mol. The SMILES string of the molecule is O=C(Nc1ccc2c(c1)OCCO2)N(Cc1ccncc1)CC1CCCO1. The molecular formula is C20H23N3O4. The smallest absolute Gasteiger partial charge is 0.322 e. The number of amides is 2. The molecule has 1 N–H and O–H groups in total. The first-order valence-electron chi connectivity index (χ1n) is 9.24. The third-order valence-electron chi connectivity index (χ3n) is 4.65. The van der Waals surface area contributed by atoms with Crippen molar-refractivity contribution in [3.8, 4) is 11.5 Å². The number of hydrogen-bond acceptors (Lipinski definition) is 5. The van der Waals surface area contributed by atoms with E-state index in [0.29, 0.717) is 43.5 Å². The number of ether oxygens (including phenoxy) is 3. The molecule has 2 aliphatic rings. The fraction of sp³-hybridized carbons (Fsp3) is 0.400. The highest BCUT2D eigenvalue weighted by Crippen LogP contribution is 2.32. The standard InChI is InChI=1S/C20H23N3O4/c24-20(22-16-3-4-18-19(12-16)27-11-10-26-18)23(14-17-2-1-9-25-17)13-15-5-7-21-8-6-15/h3-8,12,17H,1-2,9-11,13-14H2,(H,22,24). The molecule has 3 heterocycles. The third-order valence-corrected chi connectivity index (χ3v) is 4.65. The Balaban J connectivity index is 1.47. The minimum Gasteiger partial charge on any atom is -0.486 e. The molecule has 4 rings (SSSR count). The maximum atomic E-state index is 12.9. The minimum atomic E-state index is -0.168. The van der Waals surface area contributed by atoms with Gasteiger partial charge in [-0.05, 0) is 42.7 Å². The zero-order chi connectivity index (χ0) is 18.5. The Morgan fingerprint density at radius 1 is 1.11 bits per heavy atom. The van der Waals surface area contributed by atoms with Gasteiger partial charge in [-0.25, -0.2) is 4.79 Å². The summed E-state index contributed by atoms with van der Waals surface area (Å²) in [4.78, 5) is 18.8. The highest BCUT2D eigenvalue weighted by atomic mass is 16.6. The Hall–Kier alpha value is -2.80. The normalized spacial score (nSPS) is 18.1. The van der Waals surface area contributed by atoms with Crippen molar-refractivity contribution in [3.05, 3.63) is 48.3 Å². The van der Waals surface area contributed by atoms with Gasteiger partial charge in [0.2, 0.25) is 0 Å². The number of rotatable bonds is 5. The second-order valence-electron chi connectivity index (χ2n) is 6.66. The van der Waals surface area contributed by atoms with Gasteiger partial charge >= 0.3 is 6.03 Å². The van der Waals surface area contributed by atoms with Gasteiger partial charge in [0.15, 0.2) is 11.5 Å². The van der Waals surface area contributed by atoms with E-state index in [1.54, 1.807) is 23.4 Å². The number of nitrogens with zero attached hydrogens (tertiary/aromatic N) is 2. The average Bonchev–Trinajstić information content (AvgIpc) is 3.21. The molecule has 7 nitrogen and oxygen atoms in total. The number of anilines is 1. The van der Waals surface area contributed by atoms with E-state index < -0.39 is 0 Å². The van der Waals surface area contributed by atoms with Crippen LogP contribution in [-0.4, -0.2) is 48.4 Å². The number of fused-ring (bicyclic) bond motifs is 1. The van der Waals surface area contributed by atoms with Gasteiger partial charge in [0.25, 0.3) is 0 Å². The van der Waals surface area contributed by atoms with Crippen LogP contribution in [0, 0.1) is 0 Å². The van der Waals surface area contributed by atoms with Crippen LogP contribution >= 0.6 is 0 Å². The largest absolute Gasteiger partial charge is 0.486 e. The summed E-state index contributed by atoms with van der Waals surface area (Å²) < 4.78 is 16.8. The zero-order valence-electron chi connectivity index (χ0n) is 15.1. The molecule has 0 saturated carbocycles. The van der Waals surface area contributed by atoms with Crippen molar-refractivity contribution in [2.45, 2.75) is 25.5 Å². The van der Waals surface area contributed by atoms with Crippen LogP contribution in [0.5, 0.6) is 11.5 Å². The summed E-state index contributed by atoms with van der Waals surface area (Å²) in [7, 11) is 0. The van der Waals surface area contributed by atoms with Crippen molar-refractivity contribution in [2.75, 3.05) is 31.7 Å². The summed E-state index contributed by atoms with van der Waals surface area (Å²) in [6, 6.07) is 9.10. The second kappa shape index (κ2) is 8.26. The molecule has 0 aliphatic carbocycles. The third kappa shape index (κ3) is 4.49. The van der Waals surface area contributed by atoms with E-state index in [9.17, 15) is 4.79 Å². The Kier molecular flexibility index (Phi) is 5.39. The van der Waals surface area contributed by atoms with E-state index in [1.807, 2.05) is 24.3 Å². The molecule has 1 saturated heterocycles. The van der Waals surface area contributed by atoms with E-state index in [-0.39, 0.29) is 12.1 Å². The molecule has 1 atom stereocenters. The molecule has 7 heteroatoms. The van der Waals surface area contributed by atoms with Crippen molar-refractivity contribution >= 4 is 11.7 Å². The first-order chi connectivity index (χ1) is 13.3. The highest BCUT2D eigenvalue weighted by molar-refractivity contribution is 5.89. The van der Waals surface area contributed by atoms with Crippen molar-refractivity contribution in [2.24, 2.45) is 0 Å². The van der Waals surface area contributed by atoms with Crippen molar-refractivity contribution in [1.29, 1.82) is 0 Å². The molecule has 1 aromatic heterocycles. The molecule has 0 bridgehead atoms. The summed E-state index contributed by atoms with van der Waals surface area (Å²) in [6.45, 7) is 2.87. The van der Waals surface area contributed by atoms with Gasteiger partial charge in [0.05, 0.1) is 6.10 Å². The summed E-state index contributed by atoms with van der Waals surface area (Å²) >= 11 is 0. The van der Waals surface area contributed by atoms with E-state index >= 15 is 0 Å². The summed E-state index contributed by atoms with van der Waals surface area (Å²) in [6.07, 6.45) is 5.57. The molecule has 0 radical (unpaired) electrons. The molecule has 142 valence electrons. The van der Waals surface area contributed by atoms with Gasteiger partial charge < -0.3 is 24.4 Å². The first-order valence-corrected chi connectivity index (χ1v) is 9.24. The number of aromatic nitrogens is 1. The number of hydrogen-bond donors (Lipinski definition) is 1. The van der Waals surface area contributed by atoms with Crippen molar-refractivity contribution < 1.29 is 19.0 Å². The lowest BCUT2D eigenvalue weighted by Gasteiger charge is -2.26. The Bertz CT molecular complexity index is 778. The molecule has 1 fully saturated rings. The van der Waals surface area contributed by atoms with Gasteiger partial charge in [-0.2, -0.15) is 0 Å². The number of nitrogens with one attached hydrogen (secondary N) is 1. The zero-order valence-corrected chi connectivity index (χ0v) is 15.1. The molecule has 2 aliphatic heterocycles. The number of benzene rings is 1. The van der Waals surface area contributed by atoms with Crippen molar-refractivity contribution in [1.82, 2.24) is 9.88 Å². The predicted octanol–water partition coefficient (Wildman–Crippen LogP) is 3.07. The number of carbonyl (C=O) groups excluding carboxylic acids is 1. The molecule has 1 aromatic carbocycles. The van der Waals surface area contributed by atoms with Crippen LogP contribution in [0.1, 0.15) is 18.4 Å². The fourth-order valence-corrected chi connectivity index (χ4v) is 3.29. The molecule has 2 amide bonds. The Morgan fingerprint density at radius 2 is 1.93 bits per heavy atom. The molecule has 27 heavy (non-hydrogen) atoms. The van der Waals surface area contributed by atoms with Gasteiger partial charge in [-0.15, -0.1) is 0 Å². The van der Waals surface area contributed by atoms with Crippen LogP contribution in [-0.2, 0) is 11.3 Å². The lowest BCUT2D eigenvalue weighted by molar-refractivity contribution is 0.0819. The molecule has 1 unspecified atom stereocenters. The highest BCUT2D eigenvalue weighted by Gasteiger charge is 2.23. The van der Waals surface area contributed by atoms with E-state index in [4.69, 9.17) is 14.2 Å². The molecule has 2 aromatic rings. The van der Waals surface area contributed by atoms with Gasteiger partial charge in [0.1, 0.15) is 13.2 Å². The van der Waals surface area contributed by atoms with Crippen LogP contribution in [0.15, 0.2) is 42.7 Å². The van der Waals surface area contributed by atoms with Crippen LogP contribution in [0.3, 0.4) is 0 Å². The number of carbonyl (C=O) groups is 1. The molecule has 0 spiro atoms. The van der Waals surface area contributed by atoms with Gasteiger partial charge in [-0.3, -0.25) is 4.98 Å². The number of urea groups is 1. The van der Waals surface area contributed by atoms with Gasteiger partial charge in [0, 0.05) is 43.8 Å². The second-order valence-corrected chi connectivity index (χ2v) is 6.66. The maximum absolute atomic E-state index is 12.9. The summed E-state index contributed by atoms with van der Waals surface area (Å²) in [5.41, 5.74) is 1.71. The average molecular weight is 369 g/mol. The first kappa shape index (κ1) is 17.6. The van der Waals surface area contributed by atoms with E-state index in [0.717, 1.165) is 25.0 Å². The predicted molar refractivity (Wildman–Crippen MR) is 100 cm³/mol. The minimum absolute atomic E-state index is 0.0813. The summed E-state index contributed by atoms with van der Waals surface area (Å²) in [5.74, 6) is 1.35. The van der Waals surface area contributed by atoms with Crippen molar-refractivity contribution in [3.63, 3.8) is 0 Å².